The Morgan fingerprint density at radius 2 is 1.12 bits per heavy atom. The SMILES string of the molecule is COc1cc2c3c(c4cc(OC)c(OC)cc4c2cc1OC)CN(Cc1ccccc1)CC3. The van der Waals surface area contributed by atoms with Crippen LogP contribution >= 0.6 is 0 Å². The van der Waals surface area contributed by atoms with Crippen molar-refractivity contribution in [1.29, 1.82) is 0 Å². The lowest BCUT2D eigenvalue weighted by atomic mass is 9.87. The van der Waals surface area contributed by atoms with Gasteiger partial charge in [-0.05, 0) is 68.9 Å². The molecule has 5 heteroatoms. The van der Waals surface area contributed by atoms with Crippen molar-refractivity contribution in [2.75, 3.05) is 35.0 Å². The lowest BCUT2D eigenvalue weighted by molar-refractivity contribution is 0.247. The molecule has 0 bridgehead atoms. The third-order valence-corrected chi connectivity index (χ3v) is 6.66. The summed E-state index contributed by atoms with van der Waals surface area (Å²) in [5.74, 6) is 2.94. The van der Waals surface area contributed by atoms with E-state index in [1.807, 2.05) is 0 Å². The molecule has 0 radical (unpaired) electrons. The summed E-state index contributed by atoms with van der Waals surface area (Å²) in [5.41, 5.74) is 4.04. The van der Waals surface area contributed by atoms with Crippen molar-refractivity contribution in [3.05, 3.63) is 71.3 Å². The van der Waals surface area contributed by atoms with Gasteiger partial charge in [-0.3, -0.25) is 4.90 Å². The van der Waals surface area contributed by atoms with E-state index in [0.717, 1.165) is 59.8 Å². The smallest absolute Gasteiger partial charge is 0.161 e. The van der Waals surface area contributed by atoms with Crippen molar-refractivity contribution in [2.45, 2.75) is 19.5 Å². The Balaban J connectivity index is 1.74. The highest BCUT2D eigenvalue weighted by Crippen LogP contribution is 2.44. The highest BCUT2D eigenvalue weighted by molar-refractivity contribution is 6.12. The summed E-state index contributed by atoms with van der Waals surface area (Å²) in [4.78, 5) is 2.51. The highest BCUT2D eigenvalue weighted by atomic mass is 16.5. The van der Waals surface area contributed by atoms with Crippen LogP contribution in [0.4, 0.5) is 0 Å². The Bertz CT molecular complexity index is 1320. The van der Waals surface area contributed by atoms with Crippen LogP contribution in [0.1, 0.15) is 16.7 Å². The van der Waals surface area contributed by atoms with E-state index >= 15 is 0 Å². The summed E-state index contributed by atoms with van der Waals surface area (Å²) >= 11 is 0. The van der Waals surface area contributed by atoms with Crippen LogP contribution in [-0.4, -0.2) is 39.9 Å². The predicted molar refractivity (Wildman–Crippen MR) is 132 cm³/mol. The monoisotopic (exact) mass is 443 g/mol. The second-order valence-corrected chi connectivity index (χ2v) is 8.41. The van der Waals surface area contributed by atoms with Crippen molar-refractivity contribution >= 4 is 21.5 Å². The number of benzene rings is 4. The molecule has 170 valence electrons. The Morgan fingerprint density at radius 1 is 0.636 bits per heavy atom. The van der Waals surface area contributed by atoms with Crippen LogP contribution in [0.15, 0.2) is 54.6 Å². The van der Waals surface area contributed by atoms with Crippen molar-refractivity contribution in [1.82, 2.24) is 4.90 Å². The average Bonchev–Trinajstić information content (AvgIpc) is 2.87. The van der Waals surface area contributed by atoms with Gasteiger partial charge in [0.15, 0.2) is 23.0 Å². The topological polar surface area (TPSA) is 40.2 Å². The van der Waals surface area contributed by atoms with Gasteiger partial charge in [0.05, 0.1) is 28.4 Å². The minimum Gasteiger partial charge on any atom is -0.493 e. The van der Waals surface area contributed by atoms with Crippen LogP contribution in [0, 0.1) is 0 Å². The van der Waals surface area contributed by atoms with E-state index in [4.69, 9.17) is 18.9 Å². The molecular weight excluding hydrogens is 414 g/mol. The van der Waals surface area contributed by atoms with Crippen LogP contribution in [0.25, 0.3) is 21.5 Å². The van der Waals surface area contributed by atoms with Gasteiger partial charge in [0, 0.05) is 19.6 Å². The number of nitrogens with zero attached hydrogens (tertiary/aromatic N) is 1. The lowest BCUT2D eigenvalue weighted by Gasteiger charge is -2.31. The third kappa shape index (κ3) is 3.72. The minimum atomic E-state index is 0.720. The molecule has 0 atom stereocenters. The second kappa shape index (κ2) is 8.83. The maximum absolute atomic E-state index is 5.67. The van der Waals surface area contributed by atoms with Crippen molar-refractivity contribution in [3.8, 4) is 23.0 Å². The van der Waals surface area contributed by atoms with Gasteiger partial charge in [0.2, 0.25) is 0 Å². The molecule has 4 aromatic carbocycles. The van der Waals surface area contributed by atoms with E-state index < -0.39 is 0 Å². The van der Waals surface area contributed by atoms with Crippen LogP contribution < -0.4 is 18.9 Å². The van der Waals surface area contributed by atoms with Crippen LogP contribution in [0.5, 0.6) is 23.0 Å². The second-order valence-electron chi connectivity index (χ2n) is 8.41. The molecule has 0 aromatic heterocycles. The molecule has 0 N–H and O–H groups in total. The summed E-state index contributed by atoms with van der Waals surface area (Å²) < 4.78 is 22.6. The third-order valence-electron chi connectivity index (χ3n) is 6.66. The fourth-order valence-electron chi connectivity index (χ4n) is 5.04. The number of hydrogen-bond acceptors (Lipinski definition) is 5. The minimum absolute atomic E-state index is 0.720. The quantitative estimate of drug-likeness (QED) is 0.364. The number of rotatable bonds is 6. The van der Waals surface area contributed by atoms with Crippen LogP contribution in [0.3, 0.4) is 0 Å². The Hall–Kier alpha value is -3.44. The maximum atomic E-state index is 5.67. The summed E-state index contributed by atoms with van der Waals surface area (Å²) in [5, 5.41) is 4.67. The van der Waals surface area contributed by atoms with E-state index in [9.17, 15) is 0 Å². The van der Waals surface area contributed by atoms with Gasteiger partial charge in [-0.1, -0.05) is 30.3 Å². The van der Waals surface area contributed by atoms with E-state index in [2.05, 4.69) is 59.5 Å². The van der Waals surface area contributed by atoms with E-state index in [1.54, 1.807) is 28.4 Å². The zero-order valence-corrected chi connectivity index (χ0v) is 19.6. The molecule has 0 aliphatic carbocycles. The summed E-state index contributed by atoms with van der Waals surface area (Å²) in [6.45, 7) is 2.81. The molecule has 0 amide bonds. The van der Waals surface area contributed by atoms with Gasteiger partial charge in [-0.25, -0.2) is 0 Å². The molecule has 5 nitrogen and oxygen atoms in total. The predicted octanol–water partition coefficient (Wildman–Crippen LogP) is 5.59. The lowest BCUT2D eigenvalue weighted by Crippen LogP contribution is -2.30. The van der Waals surface area contributed by atoms with Crippen LogP contribution in [-0.2, 0) is 19.5 Å². The van der Waals surface area contributed by atoms with Gasteiger partial charge >= 0.3 is 0 Å². The Kier molecular flexibility index (Phi) is 5.73. The highest BCUT2D eigenvalue weighted by Gasteiger charge is 2.24. The zero-order chi connectivity index (χ0) is 22.9. The van der Waals surface area contributed by atoms with Crippen molar-refractivity contribution < 1.29 is 18.9 Å². The average molecular weight is 444 g/mol. The van der Waals surface area contributed by atoms with Crippen molar-refractivity contribution in [2.24, 2.45) is 0 Å². The largest absolute Gasteiger partial charge is 0.493 e. The van der Waals surface area contributed by atoms with Gasteiger partial charge in [0.1, 0.15) is 0 Å². The number of hydrogen-bond donors (Lipinski definition) is 0. The van der Waals surface area contributed by atoms with E-state index in [1.165, 1.54) is 27.5 Å². The standard InChI is InChI=1S/C28H29NO4/c1-30-25-12-20-19-10-11-29(16-18-8-6-5-7-9-18)17-24(19)23-15-28(33-4)27(32-3)14-22(23)21(20)13-26(25)31-2/h5-9,12-15H,10-11,16-17H2,1-4H3. The van der Waals surface area contributed by atoms with E-state index in [-0.39, 0.29) is 0 Å². The molecule has 0 unspecified atom stereocenters. The van der Waals surface area contributed by atoms with E-state index in [0.29, 0.717) is 0 Å². The first-order chi connectivity index (χ1) is 16.2. The molecule has 0 saturated heterocycles. The number of methoxy groups -OCH3 is 4. The zero-order valence-electron chi connectivity index (χ0n) is 19.6. The molecule has 4 aromatic rings. The summed E-state index contributed by atoms with van der Waals surface area (Å²) in [6.07, 6.45) is 0.971. The molecule has 1 aliphatic heterocycles. The van der Waals surface area contributed by atoms with Crippen molar-refractivity contribution in [3.63, 3.8) is 0 Å². The molecule has 5 rings (SSSR count). The normalized spacial score (nSPS) is 13.7. The molecule has 0 spiro atoms. The van der Waals surface area contributed by atoms with Gasteiger partial charge < -0.3 is 18.9 Å². The molecule has 33 heavy (non-hydrogen) atoms. The fraction of sp³-hybridized carbons (Fsp3) is 0.286. The molecular formula is C28H29NO4. The first-order valence-electron chi connectivity index (χ1n) is 11.2. The Labute approximate surface area is 194 Å². The van der Waals surface area contributed by atoms with Crippen LogP contribution in [0.2, 0.25) is 0 Å². The molecule has 0 saturated carbocycles. The maximum Gasteiger partial charge on any atom is 0.161 e. The molecule has 1 heterocycles. The van der Waals surface area contributed by atoms with Gasteiger partial charge in [0.25, 0.3) is 0 Å². The number of ether oxygens (including phenoxy) is 4. The van der Waals surface area contributed by atoms with Gasteiger partial charge in [-0.2, -0.15) is 0 Å². The number of fused-ring (bicyclic) bond motifs is 6. The molecule has 0 fully saturated rings. The summed E-state index contributed by atoms with van der Waals surface area (Å²) in [7, 11) is 6.73. The fourth-order valence-corrected chi connectivity index (χ4v) is 5.04. The first-order valence-corrected chi connectivity index (χ1v) is 11.2. The van der Waals surface area contributed by atoms with Gasteiger partial charge in [-0.15, -0.1) is 0 Å². The first kappa shape index (κ1) is 21.4. The summed E-state index contributed by atoms with van der Waals surface area (Å²) in [6, 6.07) is 19.1. The molecule has 1 aliphatic rings. The Morgan fingerprint density at radius 3 is 1.64 bits per heavy atom.